The van der Waals surface area contributed by atoms with Gasteiger partial charge in [-0.25, -0.2) is 0 Å². The Kier molecular flexibility index (Phi) is 4.17. The van der Waals surface area contributed by atoms with Gasteiger partial charge in [0, 0.05) is 15.6 Å². The zero-order valence-corrected chi connectivity index (χ0v) is 14.0. The smallest absolute Gasteiger partial charge is 0.171 e. The Morgan fingerprint density at radius 3 is 2.35 bits per heavy atom. The van der Waals surface area contributed by atoms with E-state index in [1.807, 2.05) is 24.3 Å². The van der Waals surface area contributed by atoms with Gasteiger partial charge in [-0.2, -0.15) is 5.26 Å². The zero-order valence-electron chi connectivity index (χ0n) is 11.6. The Bertz CT molecular complexity index is 605. The van der Waals surface area contributed by atoms with Crippen molar-refractivity contribution in [2.24, 2.45) is 5.41 Å². The summed E-state index contributed by atoms with van der Waals surface area (Å²) in [6, 6.07) is 10.0. The SMILES string of the molecule is CC(C)(C)C1=C(C#N)[C@@H](c2ccc(Br)cc2)NC(=S)N1. The monoisotopic (exact) mass is 349 g/mol. The summed E-state index contributed by atoms with van der Waals surface area (Å²) in [4.78, 5) is 0. The van der Waals surface area contributed by atoms with Crippen LogP contribution in [0.5, 0.6) is 0 Å². The summed E-state index contributed by atoms with van der Waals surface area (Å²) in [6.45, 7) is 6.21. The average Bonchev–Trinajstić information content (AvgIpc) is 2.37. The van der Waals surface area contributed by atoms with E-state index < -0.39 is 0 Å². The van der Waals surface area contributed by atoms with Crippen LogP contribution < -0.4 is 10.6 Å². The highest BCUT2D eigenvalue weighted by molar-refractivity contribution is 9.10. The van der Waals surface area contributed by atoms with Crippen molar-refractivity contribution in [3.63, 3.8) is 0 Å². The van der Waals surface area contributed by atoms with Gasteiger partial charge in [-0.05, 0) is 29.9 Å². The molecule has 1 aromatic rings. The van der Waals surface area contributed by atoms with Crippen LogP contribution in [0.1, 0.15) is 32.4 Å². The van der Waals surface area contributed by atoms with Crippen molar-refractivity contribution in [1.82, 2.24) is 10.6 Å². The molecule has 1 heterocycles. The molecule has 1 atom stereocenters. The highest BCUT2D eigenvalue weighted by Gasteiger charge is 2.32. The number of thiocarbonyl (C=S) groups is 1. The van der Waals surface area contributed by atoms with Crippen molar-refractivity contribution in [2.45, 2.75) is 26.8 Å². The van der Waals surface area contributed by atoms with Gasteiger partial charge in [0.1, 0.15) is 0 Å². The zero-order chi connectivity index (χ0) is 14.9. The summed E-state index contributed by atoms with van der Waals surface area (Å²) in [5, 5.41) is 16.4. The molecular formula is C15H16BrN3S. The van der Waals surface area contributed by atoms with Crippen molar-refractivity contribution in [2.75, 3.05) is 0 Å². The van der Waals surface area contributed by atoms with Crippen LogP contribution in [0.4, 0.5) is 0 Å². The number of hydrogen-bond acceptors (Lipinski definition) is 2. The Labute approximate surface area is 133 Å². The van der Waals surface area contributed by atoms with E-state index >= 15 is 0 Å². The first kappa shape index (κ1) is 15.0. The fourth-order valence-electron chi connectivity index (χ4n) is 2.18. The van der Waals surface area contributed by atoms with Gasteiger partial charge in [0.25, 0.3) is 0 Å². The first-order valence-electron chi connectivity index (χ1n) is 6.30. The largest absolute Gasteiger partial charge is 0.351 e. The summed E-state index contributed by atoms with van der Waals surface area (Å²) in [5.74, 6) is 0. The van der Waals surface area contributed by atoms with Crippen LogP contribution in [0.15, 0.2) is 40.0 Å². The second-order valence-corrected chi connectivity index (χ2v) is 7.06. The number of nitriles is 1. The molecule has 2 rings (SSSR count). The van der Waals surface area contributed by atoms with Gasteiger partial charge >= 0.3 is 0 Å². The third-order valence-corrected chi connectivity index (χ3v) is 3.89. The number of halogens is 1. The van der Waals surface area contributed by atoms with Crippen LogP contribution >= 0.6 is 28.1 Å². The molecule has 0 fully saturated rings. The summed E-state index contributed by atoms with van der Waals surface area (Å²) >= 11 is 8.70. The molecule has 2 N–H and O–H groups in total. The number of hydrogen-bond donors (Lipinski definition) is 2. The molecule has 1 aliphatic rings. The lowest BCUT2D eigenvalue weighted by Crippen LogP contribution is -2.46. The normalized spacial score (nSPS) is 19.1. The lowest BCUT2D eigenvalue weighted by atomic mass is 9.84. The van der Waals surface area contributed by atoms with E-state index in [9.17, 15) is 5.26 Å². The summed E-state index contributed by atoms with van der Waals surface area (Å²) < 4.78 is 1.01. The molecule has 0 aromatic heterocycles. The quantitative estimate of drug-likeness (QED) is 0.757. The molecule has 0 spiro atoms. The van der Waals surface area contributed by atoms with Crippen LogP contribution in [0.3, 0.4) is 0 Å². The van der Waals surface area contributed by atoms with E-state index in [4.69, 9.17) is 12.2 Å². The lowest BCUT2D eigenvalue weighted by molar-refractivity contribution is 0.462. The van der Waals surface area contributed by atoms with Gasteiger partial charge in [-0.3, -0.25) is 0 Å². The molecule has 0 radical (unpaired) electrons. The molecule has 1 aromatic carbocycles. The summed E-state index contributed by atoms with van der Waals surface area (Å²) in [5.41, 5.74) is 2.44. The van der Waals surface area contributed by atoms with Gasteiger partial charge in [0.15, 0.2) is 5.11 Å². The third-order valence-electron chi connectivity index (χ3n) is 3.15. The summed E-state index contributed by atoms with van der Waals surface area (Å²) in [7, 11) is 0. The van der Waals surface area contributed by atoms with E-state index in [2.05, 4.69) is 53.4 Å². The first-order chi connectivity index (χ1) is 9.32. The molecule has 104 valence electrons. The molecule has 0 aliphatic carbocycles. The molecular weight excluding hydrogens is 334 g/mol. The molecule has 0 amide bonds. The van der Waals surface area contributed by atoms with E-state index in [-0.39, 0.29) is 11.5 Å². The van der Waals surface area contributed by atoms with E-state index in [0.717, 1.165) is 15.7 Å². The van der Waals surface area contributed by atoms with Crippen molar-refractivity contribution >= 4 is 33.3 Å². The number of allylic oxidation sites excluding steroid dienone is 1. The highest BCUT2D eigenvalue weighted by Crippen LogP contribution is 2.34. The number of nitrogens with zero attached hydrogens (tertiary/aromatic N) is 1. The van der Waals surface area contributed by atoms with Crippen molar-refractivity contribution in [1.29, 1.82) is 5.26 Å². The first-order valence-corrected chi connectivity index (χ1v) is 7.51. The van der Waals surface area contributed by atoms with Crippen molar-refractivity contribution in [3.8, 4) is 6.07 Å². The van der Waals surface area contributed by atoms with Gasteiger partial charge in [-0.1, -0.05) is 48.8 Å². The van der Waals surface area contributed by atoms with Crippen LogP contribution in [-0.2, 0) is 0 Å². The standard InChI is InChI=1S/C15H16BrN3S/c1-15(2,3)13-11(8-17)12(18-14(20)19-13)9-4-6-10(16)7-5-9/h4-7,12H,1-3H3,(H2,18,19,20)/t12-/m1/s1. The second-order valence-electron chi connectivity index (χ2n) is 5.73. The Morgan fingerprint density at radius 2 is 1.85 bits per heavy atom. The van der Waals surface area contributed by atoms with Crippen LogP contribution in [0.2, 0.25) is 0 Å². The van der Waals surface area contributed by atoms with Gasteiger partial charge in [0.2, 0.25) is 0 Å². The maximum Gasteiger partial charge on any atom is 0.171 e. The summed E-state index contributed by atoms with van der Waals surface area (Å²) in [6.07, 6.45) is 0. The van der Waals surface area contributed by atoms with E-state index in [1.54, 1.807) is 0 Å². The number of nitrogens with one attached hydrogen (secondary N) is 2. The van der Waals surface area contributed by atoms with Gasteiger partial charge in [0.05, 0.1) is 17.7 Å². The predicted molar refractivity (Wildman–Crippen MR) is 87.8 cm³/mol. The molecule has 5 heteroatoms. The minimum absolute atomic E-state index is 0.162. The van der Waals surface area contributed by atoms with Gasteiger partial charge in [-0.15, -0.1) is 0 Å². The predicted octanol–water partition coefficient (Wildman–Crippen LogP) is 3.79. The molecule has 0 bridgehead atoms. The molecule has 3 nitrogen and oxygen atoms in total. The Hall–Kier alpha value is -1.38. The molecule has 20 heavy (non-hydrogen) atoms. The highest BCUT2D eigenvalue weighted by atomic mass is 79.9. The van der Waals surface area contributed by atoms with Crippen LogP contribution in [-0.4, -0.2) is 5.11 Å². The molecule has 0 unspecified atom stereocenters. The topological polar surface area (TPSA) is 47.9 Å². The van der Waals surface area contributed by atoms with E-state index in [1.165, 1.54) is 0 Å². The molecule has 0 saturated heterocycles. The Balaban J connectivity index is 2.54. The Morgan fingerprint density at radius 1 is 1.25 bits per heavy atom. The lowest BCUT2D eigenvalue weighted by Gasteiger charge is -2.34. The fraction of sp³-hybridized carbons (Fsp3) is 0.333. The van der Waals surface area contributed by atoms with Crippen molar-refractivity contribution in [3.05, 3.63) is 45.6 Å². The fourth-order valence-corrected chi connectivity index (χ4v) is 2.67. The minimum atomic E-state index is -0.198. The van der Waals surface area contributed by atoms with Crippen LogP contribution in [0.25, 0.3) is 0 Å². The van der Waals surface area contributed by atoms with E-state index in [0.29, 0.717) is 10.7 Å². The van der Waals surface area contributed by atoms with Crippen LogP contribution in [0, 0.1) is 16.7 Å². The van der Waals surface area contributed by atoms with Gasteiger partial charge < -0.3 is 10.6 Å². The number of rotatable bonds is 1. The maximum atomic E-state index is 9.56. The molecule has 1 aliphatic heterocycles. The molecule has 0 saturated carbocycles. The number of benzene rings is 1. The maximum absolute atomic E-state index is 9.56. The average molecular weight is 350 g/mol. The van der Waals surface area contributed by atoms with Crippen molar-refractivity contribution < 1.29 is 0 Å². The third kappa shape index (κ3) is 3.02. The minimum Gasteiger partial charge on any atom is -0.351 e. The second kappa shape index (κ2) is 5.55.